The fourth-order valence-corrected chi connectivity index (χ4v) is 3.59. The standard InChI is InChI=1S/C22H24N2O5/c1-14(25)18-9-20-21(29-13-28-20)10-19(18)23-22(26)12-24(16-5-6-16)11-15-3-7-17(27-2)8-4-15/h3-4,7-10,16H,5-6,11-13H2,1-2H3,(H,23,26)/p+1. The number of Topliss-reactive ketones (excluding diaryl/α,β-unsaturated/α-hetero) is 1. The van der Waals surface area contributed by atoms with Gasteiger partial charge in [-0.25, -0.2) is 0 Å². The number of ether oxygens (including phenoxy) is 3. The molecule has 1 saturated carbocycles. The summed E-state index contributed by atoms with van der Waals surface area (Å²) < 4.78 is 15.9. The number of carbonyl (C=O) groups is 2. The molecule has 1 aliphatic heterocycles. The van der Waals surface area contributed by atoms with Crippen molar-refractivity contribution in [3.8, 4) is 17.2 Å². The van der Waals surface area contributed by atoms with Crippen LogP contribution in [-0.4, -0.2) is 38.2 Å². The average molecular weight is 397 g/mol. The van der Waals surface area contributed by atoms with Crippen molar-refractivity contribution in [2.24, 2.45) is 0 Å². The molecule has 1 unspecified atom stereocenters. The predicted octanol–water partition coefficient (Wildman–Crippen LogP) is 1.81. The number of nitrogens with one attached hydrogen (secondary N) is 2. The first-order valence-corrected chi connectivity index (χ1v) is 9.75. The second-order valence-electron chi connectivity index (χ2n) is 7.49. The van der Waals surface area contributed by atoms with Crippen molar-refractivity contribution >= 4 is 17.4 Å². The molecule has 1 heterocycles. The normalized spacial score (nSPS) is 15.7. The van der Waals surface area contributed by atoms with Crippen LogP contribution in [0.4, 0.5) is 5.69 Å². The average Bonchev–Trinajstić information content (AvgIpc) is 3.45. The monoisotopic (exact) mass is 397 g/mol. The van der Waals surface area contributed by atoms with E-state index in [9.17, 15) is 9.59 Å². The Bertz CT molecular complexity index is 922. The molecule has 0 bridgehead atoms. The van der Waals surface area contributed by atoms with Crippen molar-refractivity contribution in [3.05, 3.63) is 47.5 Å². The highest BCUT2D eigenvalue weighted by Crippen LogP contribution is 2.37. The Morgan fingerprint density at radius 1 is 1.14 bits per heavy atom. The molecule has 1 fully saturated rings. The summed E-state index contributed by atoms with van der Waals surface area (Å²) in [5.74, 6) is 1.62. The number of benzene rings is 2. The third-order valence-corrected chi connectivity index (χ3v) is 5.30. The number of rotatable bonds is 8. The Labute approximate surface area is 169 Å². The van der Waals surface area contributed by atoms with Gasteiger partial charge in [-0.15, -0.1) is 0 Å². The molecule has 0 radical (unpaired) electrons. The lowest BCUT2D eigenvalue weighted by Crippen LogP contribution is -3.13. The minimum Gasteiger partial charge on any atom is -0.497 e. The summed E-state index contributed by atoms with van der Waals surface area (Å²) in [5, 5.41) is 2.90. The van der Waals surface area contributed by atoms with E-state index in [0.717, 1.165) is 30.7 Å². The number of fused-ring (bicyclic) bond motifs is 1. The van der Waals surface area contributed by atoms with Crippen LogP contribution >= 0.6 is 0 Å². The molecule has 1 amide bonds. The molecule has 4 rings (SSSR count). The van der Waals surface area contributed by atoms with E-state index in [1.54, 1.807) is 19.2 Å². The fourth-order valence-electron chi connectivity index (χ4n) is 3.59. The van der Waals surface area contributed by atoms with E-state index in [2.05, 4.69) is 5.32 Å². The number of ketones is 1. The molecule has 2 N–H and O–H groups in total. The summed E-state index contributed by atoms with van der Waals surface area (Å²) in [5.41, 5.74) is 2.05. The molecule has 2 aromatic rings. The third kappa shape index (κ3) is 4.51. The Morgan fingerprint density at radius 3 is 2.45 bits per heavy atom. The molecule has 2 aromatic carbocycles. The van der Waals surface area contributed by atoms with Crippen molar-refractivity contribution < 1.29 is 28.7 Å². The molecule has 1 aliphatic carbocycles. The van der Waals surface area contributed by atoms with Gasteiger partial charge >= 0.3 is 0 Å². The van der Waals surface area contributed by atoms with E-state index in [-0.39, 0.29) is 18.5 Å². The molecule has 0 spiro atoms. The second kappa shape index (κ2) is 8.13. The van der Waals surface area contributed by atoms with E-state index in [4.69, 9.17) is 14.2 Å². The third-order valence-electron chi connectivity index (χ3n) is 5.30. The van der Waals surface area contributed by atoms with Crippen LogP contribution in [0.3, 0.4) is 0 Å². The molecular formula is C22H25N2O5+. The summed E-state index contributed by atoms with van der Waals surface area (Å²) >= 11 is 0. The summed E-state index contributed by atoms with van der Waals surface area (Å²) in [6.45, 7) is 2.69. The molecular weight excluding hydrogens is 372 g/mol. The predicted molar refractivity (Wildman–Crippen MR) is 107 cm³/mol. The Morgan fingerprint density at radius 2 is 1.83 bits per heavy atom. The molecule has 152 valence electrons. The molecule has 0 aromatic heterocycles. The number of methoxy groups -OCH3 is 1. The number of carbonyl (C=O) groups excluding carboxylic acids is 2. The molecule has 0 saturated heterocycles. The van der Waals surface area contributed by atoms with Crippen molar-refractivity contribution in [3.63, 3.8) is 0 Å². The van der Waals surface area contributed by atoms with E-state index in [1.807, 2.05) is 24.3 Å². The van der Waals surface area contributed by atoms with E-state index >= 15 is 0 Å². The summed E-state index contributed by atoms with van der Waals surface area (Å²) in [6.07, 6.45) is 2.25. The van der Waals surface area contributed by atoms with Gasteiger partial charge < -0.3 is 24.4 Å². The van der Waals surface area contributed by atoms with Gasteiger partial charge in [0, 0.05) is 30.0 Å². The van der Waals surface area contributed by atoms with Crippen LogP contribution in [0, 0.1) is 0 Å². The maximum atomic E-state index is 12.8. The van der Waals surface area contributed by atoms with Gasteiger partial charge in [-0.2, -0.15) is 0 Å². The van der Waals surface area contributed by atoms with Gasteiger partial charge in [0.1, 0.15) is 12.3 Å². The van der Waals surface area contributed by atoms with Crippen LogP contribution in [0.1, 0.15) is 35.7 Å². The Kier molecular flexibility index (Phi) is 5.40. The quantitative estimate of drug-likeness (QED) is 0.665. The zero-order chi connectivity index (χ0) is 20.4. The van der Waals surface area contributed by atoms with Crippen molar-refractivity contribution in [2.75, 3.05) is 25.8 Å². The van der Waals surface area contributed by atoms with Crippen LogP contribution in [0.15, 0.2) is 36.4 Å². The largest absolute Gasteiger partial charge is 0.497 e. The molecule has 7 heteroatoms. The topological polar surface area (TPSA) is 78.3 Å². The first-order valence-electron chi connectivity index (χ1n) is 9.75. The van der Waals surface area contributed by atoms with E-state index in [0.29, 0.717) is 35.3 Å². The smallest absolute Gasteiger partial charge is 0.279 e. The highest BCUT2D eigenvalue weighted by atomic mass is 16.7. The number of quaternary nitrogens is 1. The van der Waals surface area contributed by atoms with Crippen molar-refractivity contribution in [1.29, 1.82) is 0 Å². The van der Waals surface area contributed by atoms with Crippen LogP contribution < -0.4 is 24.4 Å². The zero-order valence-corrected chi connectivity index (χ0v) is 16.6. The van der Waals surface area contributed by atoms with Crippen molar-refractivity contribution in [2.45, 2.75) is 32.4 Å². The maximum Gasteiger partial charge on any atom is 0.279 e. The highest BCUT2D eigenvalue weighted by molar-refractivity contribution is 6.04. The number of hydrogen-bond acceptors (Lipinski definition) is 5. The van der Waals surface area contributed by atoms with Gasteiger partial charge in [0.15, 0.2) is 23.8 Å². The summed E-state index contributed by atoms with van der Waals surface area (Å²) in [4.78, 5) is 26.0. The van der Waals surface area contributed by atoms with Crippen molar-refractivity contribution in [1.82, 2.24) is 0 Å². The molecule has 29 heavy (non-hydrogen) atoms. The lowest BCUT2D eigenvalue weighted by Gasteiger charge is -2.19. The molecule has 7 nitrogen and oxygen atoms in total. The molecule has 2 aliphatic rings. The van der Waals surface area contributed by atoms with Gasteiger partial charge in [0.2, 0.25) is 6.79 Å². The van der Waals surface area contributed by atoms with Gasteiger partial charge in [-0.3, -0.25) is 9.59 Å². The first-order chi connectivity index (χ1) is 14.0. The summed E-state index contributed by atoms with van der Waals surface area (Å²) in [7, 11) is 1.65. The second-order valence-corrected chi connectivity index (χ2v) is 7.49. The van der Waals surface area contributed by atoms with Crippen LogP contribution in [-0.2, 0) is 11.3 Å². The van der Waals surface area contributed by atoms with E-state index in [1.165, 1.54) is 11.8 Å². The number of anilines is 1. The minimum atomic E-state index is -0.136. The van der Waals surface area contributed by atoms with Crippen LogP contribution in [0.2, 0.25) is 0 Å². The molecule has 1 atom stereocenters. The Balaban J connectivity index is 1.45. The van der Waals surface area contributed by atoms with E-state index < -0.39 is 0 Å². The van der Waals surface area contributed by atoms with Gasteiger partial charge in [-0.05, 0) is 37.3 Å². The number of amides is 1. The maximum absolute atomic E-state index is 12.8. The number of hydrogen-bond donors (Lipinski definition) is 2. The Hall–Kier alpha value is -3.06. The fraction of sp³-hybridized carbons (Fsp3) is 0.364. The SMILES string of the molecule is COc1ccc(C[NH+](CC(=O)Nc2cc3c(cc2C(C)=O)OCO3)C2CC2)cc1. The van der Waals surface area contributed by atoms with Gasteiger partial charge in [0.05, 0.1) is 18.8 Å². The van der Waals surface area contributed by atoms with Crippen LogP contribution in [0.25, 0.3) is 0 Å². The summed E-state index contributed by atoms with van der Waals surface area (Å²) in [6, 6.07) is 11.7. The first kappa shape index (κ1) is 19.3. The van der Waals surface area contributed by atoms with Gasteiger partial charge in [0.25, 0.3) is 5.91 Å². The van der Waals surface area contributed by atoms with Gasteiger partial charge in [-0.1, -0.05) is 0 Å². The zero-order valence-electron chi connectivity index (χ0n) is 16.6. The highest BCUT2D eigenvalue weighted by Gasteiger charge is 2.35. The minimum absolute atomic E-state index is 0.117. The lowest BCUT2D eigenvalue weighted by atomic mass is 10.1. The lowest BCUT2D eigenvalue weighted by molar-refractivity contribution is -0.916. The van der Waals surface area contributed by atoms with Crippen LogP contribution in [0.5, 0.6) is 17.2 Å².